The van der Waals surface area contributed by atoms with Crippen molar-refractivity contribution in [2.75, 3.05) is 16.8 Å². The van der Waals surface area contributed by atoms with Gasteiger partial charge in [0.25, 0.3) is 0 Å². The maximum Gasteiger partial charge on any atom is 0.170 e. The summed E-state index contributed by atoms with van der Waals surface area (Å²) in [6.45, 7) is 2.61. The molecule has 2 heterocycles. The molecule has 6 heteroatoms. The van der Waals surface area contributed by atoms with E-state index >= 15 is 0 Å². The van der Waals surface area contributed by atoms with Gasteiger partial charge in [-0.05, 0) is 66.0 Å². The predicted octanol–water partition coefficient (Wildman–Crippen LogP) is 6.44. The molecule has 0 bridgehead atoms. The first-order chi connectivity index (χ1) is 16.1. The van der Waals surface area contributed by atoms with Crippen molar-refractivity contribution in [1.29, 1.82) is 0 Å². The van der Waals surface area contributed by atoms with Gasteiger partial charge in [-0.25, -0.2) is 4.98 Å². The lowest BCUT2D eigenvalue weighted by Gasteiger charge is -2.38. The van der Waals surface area contributed by atoms with Crippen molar-refractivity contribution in [3.8, 4) is 0 Å². The Balaban J connectivity index is 1.20. The van der Waals surface area contributed by atoms with E-state index in [1.807, 2.05) is 18.3 Å². The molecule has 2 aromatic carbocycles. The van der Waals surface area contributed by atoms with Gasteiger partial charge in [-0.3, -0.25) is 0 Å². The second-order valence-corrected chi connectivity index (χ2v) is 10.0. The topological polar surface area (TPSA) is 40.2 Å². The minimum Gasteiger partial charge on any atom is -0.362 e. The molecule has 0 radical (unpaired) electrons. The zero-order valence-corrected chi connectivity index (χ0v) is 20.3. The minimum absolute atomic E-state index is 0.0712. The van der Waals surface area contributed by atoms with Gasteiger partial charge < -0.3 is 15.5 Å². The van der Waals surface area contributed by atoms with Gasteiger partial charge in [-0.1, -0.05) is 67.3 Å². The smallest absolute Gasteiger partial charge is 0.170 e. The zero-order valence-electron chi connectivity index (χ0n) is 18.7. The lowest BCUT2D eigenvalue weighted by atomic mass is 9.69. The van der Waals surface area contributed by atoms with Gasteiger partial charge in [0.05, 0.1) is 11.9 Å². The van der Waals surface area contributed by atoms with Crippen LogP contribution in [-0.4, -0.2) is 16.6 Å². The molecular weight excluding hydrogens is 448 g/mol. The Labute approximate surface area is 206 Å². The van der Waals surface area contributed by atoms with Gasteiger partial charge in [0, 0.05) is 30.1 Å². The number of fused-ring (bicyclic) bond motifs is 1. The van der Waals surface area contributed by atoms with E-state index in [1.165, 1.54) is 36.0 Å². The molecule has 170 valence electrons. The Morgan fingerprint density at radius 3 is 2.39 bits per heavy atom. The number of halogens is 1. The van der Waals surface area contributed by atoms with Crippen LogP contribution in [0, 0.1) is 0 Å². The van der Waals surface area contributed by atoms with Crippen molar-refractivity contribution in [3.05, 3.63) is 88.6 Å². The van der Waals surface area contributed by atoms with Crippen molar-refractivity contribution in [1.82, 2.24) is 10.3 Å². The Morgan fingerprint density at radius 2 is 1.73 bits per heavy atom. The van der Waals surface area contributed by atoms with Crippen molar-refractivity contribution < 1.29 is 0 Å². The number of thiocarbonyl (C=S) groups is 1. The summed E-state index contributed by atoms with van der Waals surface area (Å²) in [6, 6.07) is 21.0. The highest BCUT2D eigenvalue weighted by molar-refractivity contribution is 7.80. The summed E-state index contributed by atoms with van der Waals surface area (Å²) in [5.41, 5.74) is 5.03. The number of hydrogen-bond donors (Lipinski definition) is 2. The predicted molar refractivity (Wildman–Crippen MR) is 141 cm³/mol. The van der Waals surface area contributed by atoms with Crippen molar-refractivity contribution in [3.63, 3.8) is 0 Å². The number of anilines is 2. The highest BCUT2D eigenvalue weighted by atomic mass is 35.5. The summed E-state index contributed by atoms with van der Waals surface area (Å²) in [5, 5.41) is 8.22. The lowest BCUT2D eigenvalue weighted by Crippen LogP contribution is -2.43. The van der Waals surface area contributed by atoms with Crippen LogP contribution in [0.1, 0.15) is 48.8 Å². The molecule has 0 amide bonds. The van der Waals surface area contributed by atoms with Gasteiger partial charge in [-0.15, -0.1) is 0 Å². The van der Waals surface area contributed by atoms with E-state index in [-0.39, 0.29) is 5.41 Å². The molecule has 0 unspecified atom stereocenters. The molecule has 2 N–H and O–H groups in total. The summed E-state index contributed by atoms with van der Waals surface area (Å²) in [7, 11) is 0. The third-order valence-electron chi connectivity index (χ3n) is 7.01. The summed E-state index contributed by atoms with van der Waals surface area (Å²) in [6.07, 6.45) is 7.93. The number of aromatic nitrogens is 1. The SMILES string of the molecule is S=C(NCC1(c2cccc(Cl)c2)CCCCC1)Nc1ccc(N2Cc3ccccc3C2)nc1. The van der Waals surface area contributed by atoms with E-state index in [4.69, 9.17) is 23.8 Å². The number of pyridine rings is 1. The first-order valence-corrected chi connectivity index (χ1v) is 12.5. The lowest BCUT2D eigenvalue weighted by molar-refractivity contribution is 0.292. The first-order valence-electron chi connectivity index (χ1n) is 11.7. The minimum atomic E-state index is 0.0712. The molecule has 0 atom stereocenters. The van der Waals surface area contributed by atoms with E-state index in [2.05, 4.69) is 69.0 Å². The molecule has 2 aliphatic rings. The molecule has 0 saturated heterocycles. The molecular formula is C27H29ClN4S. The van der Waals surface area contributed by atoms with Gasteiger partial charge in [0.1, 0.15) is 5.82 Å². The van der Waals surface area contributed by atoms with Crippen molar-refractivity contribution >= 4 is 40.4 Å². The molecule has 1 saturated carbocycles. The van der Waals surface area contributed by atoms with Crippen LogP contribution in [0.3, 0.4) is 0 Å². The molecule has 1 aromatic heterocycles. The highest BCUT2D eigenvalue weighted by Gasteiger charge is 2.34. The van der Waals surface area contributed by atoms with Crippen molar-refractivity contribution in [2.24, 2.45) is 0 Å². The summed E-state index contributed by atoms with van der Waals surface area (Å²) in [5.74, 6) is 0.984. The second kappa shape index (κ2) is 9.70. The van der Waals surface area contributed by atoms with Crippen LogP contribution >= 0.6 is 23.8 Å². The van der Waals surface area contributed by atoms with Gasteiger partial charge >= 0.3 is 0 Å². The fourth-order valence-electron chi connectivity index (χ4n) is 5.18. The Kier molecular flexibility index (Phi) is 6.52. The first kappa shape index (κ1) is 22.2. The second-order valence-electron chi connectivity index (χ2n) is 9.19. The molecule has 3 aromatic rings. The third-order valence-corrected chi connectivity index (χ3v) is 7.49. The quantitative estimate of drug-likeness (QED) is 0.414. The third kappa shape index (κ3) is 4.99. The number of benzene rings is 2. The number of rotatable bonds is 5. The fraction of sp³-hybridized carbons (Fsp3) is 0.333. The normalized spacial score (nSPS) is 16.8. The van der Waals surface area contributed by atoms with Crippen molar-refractivity contribution in [2.45, 2.75) is 50.6 Å². The van der Waals surface area contributed by atoms with Crippen LogP contribution in [0.25, 0.3) is 0 Å². The fourth-order valence-corrected chi connectivity index (χ4v) is 5.56. The average molecular weight is 477 g/mol. The molecule has 1 aliphatic carbocycles. The van der Waals surface area contributed by atoms with Gasteiger partial charge in [-0.2, -0.15) is 0 Å². The zero-order chi connectivity index (χ0) is 22.7. The highest BCUT2D eigenvalue weighted by Crippen LogP contribution is 2.39. The van der Waals surface area contributed by atoms with Gasteiger partial charge in [0.2, 0.25) is 0 Å². The van der Waals surface area contributed by atoms with Crippen LogP contribution in [0.2, 0.25) is 5.02 Å². The van der Waals surface area contributed by atoms with E-state index in [9.17, 15) is 0 Å². The Bertz CT molecular complexity index is 1100. The number of nitrogens with one attached hydrogen (secondary N) is 2. The van der Waals surface area contributed by atoms with E-state index < -0.39 is 0 Å². The molecule has 1 aliphatic heterocycles. The average Bonchev–Trinajstić information content (AvgIpc) is 3.28. The van der Waals surface area contributed by atoms with Crippen LogP contribution in [0.15, 0.2) is 66.9 Å². The molecule has 33 heavy (non-hydrogen) atoms. The molecule has 0 spiro atoms. The Hall–Kier alpha value is -2.63. The Morgan fingerprint density at radius 1 is 0.970 bits per heavy atom. The van der Waals surface area contributed by atoms with Crippen LogP contribution in [-0.2, 0) is 18.5 Å². The van der Waals surface area contributed by atoms with E-state index in [1.54, 1.807) is 0 Å². The standard InChI is InChI=1S/C27H29ClN4S/c28-23-10-6-9-22(15-23)27(13-4-1-5-14-27)19-30-26(33)31-24-11-12-25(29-16-24)32-17-20-7-2-3-8-21(20)18-32/h2-3,6-12,15-16H,1,4-5,13-14,17-19H2,(H2,30,31,33). The molecule has 5 rings (SSSR count). The van der Waals surface area contributed by atoms with Crippen LogP contribution < -0.4 is 15.5 Å². The summed E-state index contributed by atoms with van der Waals surface area (Å²) >= 11 is 11.9. The van der Waals surface area contributed by atoms with Crippen LogP contribution in [0.5, 0.6) is 0 Å². The number of hydrogen-bond acceptors (Lipinski definition) is 3. The monoisotopic (exact) mass is 476 g/mol. The van der Waals surface area contributed by atoms with E-state index in [0.717, 1.165) is 49.0 Å². The largest absolute Gasteiger partial charge is 0.362 e. The maximum atomic E-state index is 6.31. The van der Waals surface area contributed by atoms with Crippen LogP contribution in [0.4, 0.5) is 11.5 Å². The summed E-state index contributed by atoms with van der Waals surface area (Å²) in [4.78, 5) is 6.97. The molecule has 1 fully saturated rings. The molecule has 4 nitrogen and oxygen atoms in total. The summed E-state index contributed by atoms with van der Waals surface area (Å²) < 4.78 is 0. The maximum absolute atomic E-state index is 6.31. The van der Waals surface area contributed by atoms with Gasteiger partial charge in [0.15, 0.2) is 5.11 Å². The van der Waals surface area contributed by atoms with E-state index in [0.29, 0.717) is 5.11 Å². The number of nitrogens with zero attached hydrogens (tertiary/aromatic N) is 2.